The predicted octanol–water partition coefficient (Wildman–Crippen LogP) is 3.76. The average Bonchev–Trinajstić information content (AvgIpc) is 2.95. The van der Waals surface area contributed by atoms with Crippen LogP contribution in [0.5, 0.6) is 0 Å². The van der Waals surface area contributed by atoms with Crippen LogP contribution in [0.25, 0.3) is 0 Å². The number of rotatable bonds is 5. The minimum absolute atomic E-state index is 0.0608. The van der Waals surface area contributed by atoms with E-state index in [4.69, 9.17) is 0 Å². The molecule has 2 aliphatic carbocycles. The maximum atomic E-state index is 12.6. The Kier molecular flexibility index (Phi) is 8.09. The molecule has 1 aliphatic heterocycles. The van der Waals surface area contributed by atoms with Gasteiger partial charge < -0.3 is 20.9 Å². The van der Waals surface area contributed by atoms with Crippen LogP contribution in [0.15, 0.2) is 0 Å². The van der Waals surface area contributed by atoms with Gasteiger partial charge in [0, 0.05) is 31.7 Å². The Morgan fingerprint density at radius 3 is 2.26 bits per heavy atom. The minimum atomic E-state index is -0.0608. The van der Waals surface area contributed by atoms with Crippen molar-refractivity contribution in [3.8, 4) is 0 Å². The first kappa shape index (κ1) is 20.3. The highest BCUT2D eigenvalue weighted by atomic mass is 16.2. The molecule has 27 heavy (non-hydrogen) atoms. The molecular formula is C21H38N4O2. The van der Waals surface area contributed by atoms with E-state index in [9.17, 15) is 9.59 Å². The molecule has 0 aromatic heterocycles. The van der Waals surface area contributed by atoms with Crippen LogP contribution in [0.2, 0.25) is 0 Å². The van der Waals surface area contributed by atoms with Crippen LogP contribution in [0.1, 0.15) is 83.5 Å². The summed E-state index contributed by atoms with van der Waals surface area (Å²) < 4.78 is 0. The molecular weight excluding hydrogens is 340 g/mol. The lowest BCUT2D eigenvalue weighted by molar-refractivity contribution is 0.0842. The van der Waals surface area contributed by atoms with Gasteiger partial charge >= 0.3 is 12.1 Å². The SMILES string of the molecule is O=C(NCCCNC(=O)N1CCCC2CCCCC21)NC1CCCCCC1. The maximum absolute atomic E-state index is 12.6. The number of urea groups is 2. The number of likely N-dealkylation sites (tertiary alicyclic amines) is 1. The van der Waals surface area contributed by atoms with E-state index in [1.165, 1.54) is 57.8 Å². The van der Waals surface area contributed by atoms with Crippen molar-refractivity contribution in [1.82, 2.24) is 20.9 Å². The summed E-state index contributed by atoms with van der Waals surface area (Å²) in [6.45, 7) is 2.12. The van der Waals surface area contributed by atoms with Crippen molar-refractivity contribution < 1.29 is 9.59 Å². The van der Waals surface area contributed by atoms with Crippen LogP contribution in [-0.4, -0.2) is 48.7 Å². The molecule has 0 bridgehead atoms. The molecule has 2 unspecified atom stereocenters. The molecule has 3 fully saturated rings. The van der Waals surface area contributed by atoms with Crippen LogP contribution in [0, 0.1) is 5.92 Å². The fourth-order valence-corrected chi connectivity index (χ4v) is 5.12. The molecule has 2 saturated carbocycles. The van der Waals surface area contributed by atoms with Gasteiger partial charge in [0.05, 0.1) is 0 Å². The van der Waals surface area contributed by atoms with E-state index in [0.717, 1.165) is 32.2 Å². The third-order valence-electron chi connectivity index (χ3n) is 6.61. The Bertz CT molecular complexity index is 475. The smallest absolute Gasteiger partial charge is 0.317 e. The standard InChI is InChI=1S/C21H38N4O2/c26-20(24-18-11-3-1-2-4-12-18)22-14-8-15-23-21(27)25-16-7-10-17-9-5-6-13-19(17)25/h17-19H,1-16H2,(H,23,27)(H2,22,24,26). The number of amides is 4. The molecule has 4 amide bonds. The molecule has 0 aromatic carbocycles. The molecule has 3 N–H and O–H groups in total. The molecule has 0 spiro atoms. The first-order chi connectivity index (χ1) is 13.2. The van der Waals surface area contributed by atoms with E-state index < -0.39 is 0 Å². The summed E-state index contributed by atoms with van der Waals surface area (Å²) in [5, 5.41) is 9.09. The molecule has 6 heteroatoms. The van der Waals surface area contributed by atoms with Crippen molar-refractivity contribution in [2.45, 2.75) is 95.6 Å². The molecule has 0 aromatic rings. The van der Waals surface area contributed by atoms with Gasteiger partial charge in [-0.15, -0.1) is 0 Å². The maximum Gasteiger partial charge on any atom is 0.317 e. The van der Waals surface area contributed by atoms with E-state index in [1.807, 2.05) is 0 Å². The third-order valence-corrected chi connectivity index (χ3v) is 6.61. The van der Waals surface area contributed by atoms with Crippen molar-refractivity contribution in [2.24, 2.45) is 5.92 Å². The summed E-state index contributed by atoms with van der Waals surface area (Å²) in [4.78, 5) is 26.7. The van der Waals surface area contributed by atoms with E-state index >= 15 is 0 Å². The number of hydrogen-bond donors (Lipinski definition) is 3. The van der Waals surface area contributed by atoms with Gasteiger partial charge in [0.2, 0.25) is 0 Å². The van der Waals surface area contributed by atoms with Crippen LogP contribution < -0.4 is 16.0 Å². The second-order valence-corrected chi connectivity index (χ2v) is 8.62. The highest BCUT2D eigenvalue weighted by Gasteiger charge is 2.35. The van der Waals surface area contributed by atoms with Crippen LogP contribution in [0.4, 0.5) is 9.59 Å². The lowest BCUT2D eigenvalue weighted by Crippen LogP contribution is -2.53. The number of nitrogens with one attached hydrogen (secondary N) is 3. The van der Waals surface area contributed by atoms with Crippen molar-refractivity contribution in [1.29, 1.82) is 0 Å². The fourth-order valence-electron chi connectivity index (χ4n) is 5.12. The molecule has 1 heterocycles. The highest BCUT2D eigenvalue weighted by molar-refractivity contribution is 5.75. The molecule has 154 valence electrons. The molecule has 2 atom stereocenters. The Hall–Kier alpha value is -1.46. The topological polar surface area (TPSA) is 73.5 Å². The minimum Gasteiger partial charge on any atom is -0.338 e. The predicted molar refractivity (Wildman–Crippen MR) is 108 cm³/mol. The van der Waals surface area contributed by atoms with E-state index in [1.54, 1.807) is 0 Å². The van der Waals surface area contributed by atoms with Crippen molar-refractivity contribution in [3.05, 3.63) is 0 Å². The number of hydrogen-bond acceptors (Lipinski definition) is 2. The zero-order valence-electron chi connectivity index (χ0n) is 16.8. The van der Waals surface area contributed by atoms with E-state index in [-0.39, 0.29) is 12.1 Å². The number of piperidine rings is 1. The summed E-state index contributed by atoms with van der Waals surface area (Å²) >= 11 is 0. The highest BCUT2D eigenvalue weighted by Crippen LogP contribution is 2.35. The van der Waals surface area contributed by atoms with Crippen LogP contribution in [0.3, 0.4) is 0 Å². The van der Waals surface area contributed by atoms with Crippen LogP contribution >= 0.6 is 0 Å². The zero-order chi connectivity index (χ0) is 18.9. The van der Waals surface area contributed by atoms with Gasteiger partial charge in [0.25, 0.3) is 0 Å². The van der Waals surface area contributed by atoms with Gasteiger partial charge in [-0.1, -0.05) is 38.5 Å². The van der Waals surface area contributed by atoms with Gasteiger partial charge in [-0.3, -0.25) is 0 Å². The largest absolute Gasteiger partial charge is 0.338 e. The number of carbonyl (C=O) groups is 2. The lowest BCUT2D eigenvalue weighted by atomic mass is 9.78. The number of nitrogens with zero attached hydrogens (tertiary/aromatic N) is 1. The molecule has 6 nitrogen and oxygen atoms in total. The molecule has 0 radical (unpaired) electrons. The summed E-state index contributed by atoms with van der Waals surface area (Å²) in [6.07, 6.45) is 15.4. The quantitative estimate of drug-likeness (QED) is 0.503. The average molecular weight is 379 g/mol. The summed E-state index contributed by atoms with van der Waals surface area (Å²) in [7, 11) is 0. The zero-order valence-corrected chi connectivity index (χ0v) is 16.8. The first-order valence-electron chi connectivity index (χ1n) is 11.3. The normalized spacial score (nSPS) is 26.6. The first-order valence-corrected chi connectivity index (χ1v) is 11.3. The fraction of sp³-hybridized carbons (Fsp3) is 0.905. The monoisotopic (exact) mass is 378 g/mol. The molecule has 3 aliphatic rings. The second kappa shape index (κ2) is 10.8. The van der Waals surface area contributed by atoms with Crippen LogP contribution in [-0.2, 0) is 0 Å². The lowest BCUT2D eigenvalue weighted by Gasteiger charge is -2.44. The number of carbonyl (C=O) groups excluding carboxylic acids is 2. The Morgan fingerprint density at radius 2 is 1.44 bits per heavy atom. The molecule has 3 rings (SSSR count). The van der Waals surface area contributed by atoms with Gasteiger partial charge in [0.1, 0.15) is 0 Å². The Morgan fingerprint density at radius 1 is 0.778 bits per heavy atom. The van der Waals surface area contributed by atoms with Gasteiger partial charge in [0.15, 0.2) is 0 Å². The van der Waals surface area contributed by atoms with Crippen molar-refractivity contribution in [2.75, 3.05) is 19.6 Å². The third kappa shape index (κ3) is 6.28. The van der Waals surface area contributed by atoms with Gasteiger partial charge in [-0.05, 0) is 50.9 Å². The van der Waals surface area contributed by atoms with E-state index in [0.29, 0.717) is 31.1 Å². The van der Waals surface area contributed by atoms with Crippen molar-refractivity contribution in [3.63, 3.8) is 0 Å². The molecule has 1 saturated heterocycles. The van der Waals surface area contributed by atoms with Gasteiger partial charge in [-0.25, -0.2) is 9.59 Å². The van der Waals surface area contributed by atoms with Gasteiger partial charge in [-0.2, -0.15) is 0 Å². The number of fused-ring (bicyclic) bond motifs is 1. The summed E-state index contributed by atoms with van der Waals surface area (Å²) in [5.74, 6) is 0.715. The Labute approximate surface area is 164 Å². The summed E-state index contributed by atoms with van der Waals surface area (Å²) in [5.41, 5.74) is 0. The van der Waals surface area contributed by atoms with E-state index in [2.05, 4.69) is 20.9 Å². The second-order valence-electron chi connectivity index (χ2n) is 8.62. The summed E-state index contributed by atoms with van der Waals surface area (Å²) in [6, 6.07) is 0.814. The van der Waals surface area contributed by atoms with Crippen molar-refractivity contribution >= 4 is 12.1 Å². The Balaban J connectivity index is 1.28.